The fourth-order valence-electron chi connectivity index (χ4n) is 4.85. The molecule has 0 aliphatic carbocycles. The Kier molecular flexibility index (Phi) is 6.05. The summed E-state index contributed by atoms with van der Waals surface area (Å²) < 4.78 is 12.1. The van der Waals surface area contributed by atoms with Crippen molar-refractivity contribution in [2.45, 2.75) is 45.9 Å². The third-order valence-electron chi connectivity index (χ3n) is 6.83. The van der Waals surface area contributed by atoms with Gasteiger partial charge in [0, 0.05) is 23.1 Å². The molecule has 2 atom stereocenters. The maximum atomic E-state index is 13.2. The summed E-state index contributed by atoms with van der Waals surface area (Å²) in [5.74, 6) is -1.17. The fraction of sp³-hybridized carbons (Fsp3) is 0.346. The van der Waals surface area contributed by atoms with Gasteiger partial charge in [-0.2, -0.15) is 0 Å². The Morgan fingerprint density at radius 3 is 2.89 bits per heavy atom. The van der Waals surface area contributed by atoms with Gasteiger partial charge in [-0.15, -0.1) is 0 Å². The number of aliphatic hydroxyl groups is 1. The molecule has 0 spiro atoms. The van der Waals surface area contributed by atoms with Gasteiger partial charge in [0.15, 0.2) is 6.10 Å². The summed E-state index contributed by atoms with van der Waals surface area (Å²) in [6.07, 6.45) is 0.203. The molecule has 1 aromatic carbocycles. The molecule has 5 rings (SSSR count). The fourth-order valence-corrected chi connectivity index (χ4v) is 4.85. The van der Waals surface area contributed by atoms with E-state index < -0.39 is 24.0 Å². The summed E-state index contributed by atoms with van der Waals surface area (Å²) in [5, 5.41) is 13.7. The molecule has 2 aliphatic heterocycles. The summed E-state index contributed by atoms with van der Waals surface area (Å²) in [6, 6.07) is 6.87. The van der Waals surface area contributed by atoms with E-state index in [9.17, 15) is 24.3 Å². The number of carbonyl (C=O) groups is 3. The SMILES string of the molecule is CCc1c2c(nc3ccc(OC(=O)C(C)CCNC=O)cc13)-c1cc3c(c(=O)n1C2)COC(=O)C3O. The van der Waals surface area contributed by atoms with Crippen molar-refractivity contribution >= 4 is 29.3 Å². The second-order valence-corrected chi connectivity index (χ2v) is 9.00. The van der Waals surface area contributed by atoms with Gasteiger partial charge in [-0.1, -0.05) is 13.8 Å². The van der Waals surface area contributed by atoms with Crippen LogP contribution in [0.1, 0.15) is 48.6 Å². The molecule has 10 heteroatoms. The summed E-state index contributed by atoms with van der Waals surface area (Å²) in [4.78, 5) is 52.8. The second-order valence-electron chi connectivity index (χ2n) is 9.00. The van der Waals surface area contributed by atoms with Gasteiger partial charge in [0.05, 0.1) is 34.9 Å². The number of nitrogens with zero attached hydrogens (tertiary/aromatic N) is 2. The van der Waals surface area contributed by atoms with Gasteiger partial charge in [-0.05, 0) is 42.7 Å². The smallest absolute Gasteiger partial charge is 0.340 e. The molecule has 2 unspecified atom stereocenters. The molecule has 1 amide bonds. The molecule has 2 aromatic heterocycles. The number of hydrogen-bond donors (Lipinski definition) is 2. The highest BCUT2D eigenvalue weighted by Crippen LogP contribution is 2.38. The molecule has 4 heterocycles. The predicted octanol–water partition coefficient (Wildman–Crippen LogP) is 1.76. The maximum Gasteiger partial charge on any atom is 0.340 e. The molecule has 10 nitrogen and oxygen atoms in total. The Labute approximate surface area is 205 Å². The van der Waals surface area contributed by atoms with Crippen LogP contribution in [0.2, 0.25) is 0 Å². The minimum absolute atomic E-state index is 0.172. The number of ether oxygens (including phenoxy) is 2. The number of cyclic esters (lactones) is 1. The normalized spacial score (nSPS) is 16.5. The average Bonchev–Trinajstić information content (AvgIpc) is 3.23. The Morgan fingerprint density at radius 2 is 2.14 bits per heavy atom. The molecule has 0 saturated heterocycles. The molecule has 0 radical (unpaired) electrons. The van der Waals surface area contributed by atoms with Crippen molar-refractivity contribution in [3.05, 3.63) is 56.9 Å². The van der Waals surface area contributed by atoms with Crippen molar-refractivity contribution < 1.29 is 29.0 Å². The van der Waals surface area contributed by atoms with Gasteiger partial charge < -0.3 is 24.5 Å². The van der Waals surface area contributed by atoms with E-state index in [1.807, 2.05) is 6.92 Å². The zero-order chi connectivity index (χ0) is 25.6. The number of esters is 2. The Balaban J connectivity index is 1.53. The van der Waals surface area contributed by atoms with Gasteiger partial charge in [-0.3, -0.25) is 14.4 Å². The van der Waals surface area contributed by atoms with Gasteiger partial charge in [-0.25, -0.2) is 9.78 Å². The molecule has 0 saturated carbocycles. The average molecular weight is 492 g/mol. The number of carbonyl (C=O) groups excluding carboxylic acids is 3. The number of amides is 1. The first-order chi connectivity index (χ1) is 17.3. The third-order valence-corrected chi connectivity index (χ3v) is 6.83. The molecular weight excluding hydrogens is 466 g/mol. The van der Waals surface area contributed by atoms with E-state index in [0.717, 1.165) is 16.5 Å². The number of pyridine rings is 2. The first-order valence-corrected chi connectivity index (χ1v) is 11.8. The van der Waals surface area contributed by atoms with Crippen LogP contribution in [0, 0.1) is 5.92 Å². The molecule has 186 valence electrons. The first-order valence-electron chi connectivity index (χ1n) is 11.8. The Bertz CT molecular complexity index is 1480. The monoisotopic (exact) mass is 491 g/mol. The lowest BCUT2D eigenvalue weighted by Gasteiger charge is -2.21. The van der Waals surface area contributed by atoms with Crippen LogP contribution in [-0.2, 0) is 38.7 Å². The second kappa shape index (κ2) is 9.19. The van der Waals surface area contributed by atoms with E-state index in [-0.39, 0.29) is 23.3 Å². The minimum Gasteiger partial charge on any atom is -0.458 e. The number of aryl methyl sites for hydroxylation is 1. The number of hydrogen-bond acceptors (Lipinski definition) is 8. The van der Waals surface area contributed by atoms with Crippen LogP contribution < -0.4 is 15.6 Å². The van der Waals surface area contributed by atoms with Gasteiger partial charge in [0.2, 0.25) is 6.41 Å². The molecule has 2 aliphatic rings. The topological polar surface area (TPSA) is 137 Å². The standard InChI is InChI=1S/C26H25N3O7/c1-3-15-16-8-14(36-25(33)13(2)6-7-27-12-30)4-5-20(16)28-22-18(15)10-29-21(22)9-17-19(24(29)32)11-35-26(34)23(17)31/h4-5,8-9,12-13,23,31H,3,6-7,10-11H2,1-2H3,(H,27,30). The van der Waals surface area contributed by atoms with Crippen LogP contribution in [0.25, 0.3) is 22.3 Å². The lowest BCUT2D eigenvalue weighted by Crippen LogP contribution is -2.32. The van der Waals surface area contributed by atoms with Crippen LogP contribution in [0.5, 0.6) is 5.75 Å². The number of aliphatic hydroxyl groups excluding tert-OH is 1. The van der Waals surface area contributed by atoms with Crippen LogP contribution in [0.3, 0.4) is 0 Å². The molecule has 36 heavy (non-hydrogen) atoms. The lowest BCUT2D eigenvalue weighted by molar-refractivity contribution is -0.157. The predicted molar refractivity (Wildman–Crippen MR) is 128 cm³/mol. The zero-order valence-electron chi connectivity index (χ0n) is 19.9. The Hall–Kier alpha value is -4.05. The largest absolute Gasteiger partial charge is 0.458 e. The van der Waals surface area contributed by atoms with E-state index in [1.54, 1.807) is 35.8 Å². The van der Waals surface area contributed by atoms with Crippen LogP contribution in [-0.4, -0.2) is 39.6 Å². The molecule has 2 N–H and O–H groups in total. The van der Waals surface area contributed by atoms with Crippen molar-refractivity contribution in [1.29, 1.82) is 0 Å². The van der Waals surface area contributed by atoms with E-state index in [1.165, 1.54) is 0 Å². The summed E-state index contributed by atoms with van der Waals surface area (Å²) >= 11 is 0. The van der Waals surface area contributed by atoms with Crippen LogP contribution in [0.15, 0.2) is 29.1 Å². The first kappa shape index (κ1) is 23.7. The van der Waals surface area contributed by atoms with E-state index in [2.05, 4.69) is 5.32 Å². The number of benzene rings is 1. The highest BCUT2D eigenvalue weighted by Gasteiger charge is 2.34. The van der Waals surface area contributed by atoms with Crippen molar-refractivity contribution in [3.63, 3.8) is 0 Å². The highest BCUT2D eigenvalue weighted by atomic mass is 16.5. The van der Waals surface area contributed by atoms with Crippen LogP contribution in [0.4, 0.5) is 0 Å². The van der Waals surface area contributed by atoms with E-state index in [0.29, 0.717) is 55.0 Å². The minimum atomic E-state index is -1.50. The van der Waals surface area contributed by atoms with Gasteiger partial charge in [0.25, 0.3) is 5.56 Å². The number of aromatic nitrogens is 2. The third kappa shape index (κ3) is 3.83. The van der Waals surface area contributed by atoms with Crippen molar-refractivity contribution in [1.82, 2.24) is 14.9 Å². The molecule has 0 fully saturated rings. The van der Waals surface area contributed by atoms with Crippen molar-refractivity contribution in [3.8, 4) is 17.1 Å². The highest BCUT2D eigenvalue weighted by molar-refractivity contribution is 5.90. The summed E-state index contributed by atoms with van der Waals surface area (Å²) in [5.41, 5.74) is 3.92. The van der Waals surface area contributed by atoms with Crippen molar-refractivity contribution in [2.24, 2.45) is 5.92 Å². The zero-order valence-corrected chi connectivity index (χ0v) is 19.9. The van der Waals surface area contributed by atoms with Crippen molar-refractivity contribution in [2.75, 3.05) is 6.54 Å². The number of fused-ring (bicyclic) bond motifs is 5. The van der Waals surface area contributed by atoms with Crippen LogP contribution >= 0.6 is 0 Å². The summed E-state index contributed by atoms with van der Waals surface area (Å²) in [7, 11) is 0. The molecule has 0 bridgehead atoms. The summed E-state index contributed by atoms with van der Waals surface area (Å²) in [6.45, 7) is 4.26. The number of nitrogens with one attached hydrogen (secondary N) is 1. The number of rotatable bonds is 7. The van der Waals surface area contributed by atoms with Gasteiger partial charge in [0.1, 0.15) is 12.4 Å². The Morgan fingerprint density at radius 1 is 1.33 bits per heavy atom. The maximum absolute atomic E-state index is 13.2. The van der Waals surface area contributed by atoms with Gasteiger partial charge >= 0.3 is 11.9 Å². The lowest BCUT2D eigenvalue weighted by atomic mass is 9.97. The molecular formula is C26H25N3O7. The quantitative estimate of drug-likeness (QED) is 0.173. The van der Waals surface area contributed by atoms with E-state index in [4.69, 9.17) is 14.5 Å². The van der Waals surface area contributed by atoms with E-state index >= 15 is 0 Å². The molecule has 3 aromatic rings.